The van der Waals surface area contributed by atoms with E-state index in [1.165, 1.54) is 24.3 Å². The van der Waals surface area contributed by atoms with E-state index in [1.807, 2.05) is 6.92 Å². The van der Waals surface area contributed by atoms with Crippen LogP contribution in [0, 0.1) is 5.92 Å². The van der Waals surface area contributed by atoms with Gasteiger partial charge in [0.25, 0.3) is 5.91 Å². The Labute approximate surface area is 172 Å². The topological polar surface area (TPSA) is 104 Å². The first-order chi connectivity index (χ1) is 13.6. The minimum absolute atomic E-state index is 0.134. The Balaban J connectivity index is 2.09. The molecule has 0 saturated carbocycles. The van der Waals surface area contributed by atoms with Gasteiger partial charge in [0.1, 0.15) is 0 Å². The maximum atomic E-state index is 12.5. The molecule has 29 heavy (non-hydrogen) atoms. The summed E-state index contributed by atoms with van der Waals surface area (Å²) in [6, 6.07) is 12.4. The lowest BCUT2D eigenvalue weighted by Gasteiger charge is -2.13. The third-order valence-corrected chi connectivity index (χ3v) is 5.91. The minimum atomic E-state index is -3.60. The molecule has 0 aliphatic heterocycles. The fourth-order valence-electron chi connectivity index (χ4n) is 2.36. The maximum absolute atomic E-state index is 12.5. The predicted octanol–water partition coefficient (Wildman–Crippen LogP) is 3.61. The van der Waals surface area contributed by atoms with Crippen LogP contribution in [0.25, 0.3) is 0 Å². The molecule has 8 heteroatoms. The number of amides is 2. The number of sulfonamides is 1. The van der Waals surface area contributed by atoms with Crippen molar-refractivity contribution in [2.45, 2.75) is 45.1 Å². The monoisotopic (exact) mass is 417 g/mol. The van der Waals surface area contributed by atoms with Gasteiger partial charge in [-0.15, -0.1) is 0 Å². The van der Waals surface area contributed by atoms with Gasteiger partial charge in [-0.1, -0.05) is 26.8 Å². The molecule has 0 unspecified atom stereocenters. The van der Waals surface area contributed by atoms with Crippen molar-refractivity contribution in [3.8, 4) is 0 Å². The summed E-state index contributed by atoms with van der Waals surface area (Å²) in [6.07, 6.45) is 0.685. The number of anilines is 2. The molecule has 0 aliphatic rings. The first kappa shape index (κ1) is 22.6. The van der Waals surface area contributed by atoms with Gasteiger partial charge in [0.05, 0.1) is 4.90 Å². The highest BCUT2D eigenvalue weighted by atomic mass is 32.2. The van der Waals surface area contributed by atoms with Crippen LogP contribution in [0.4, 0.5) is 11.4 Å². The molecule has 0 aromatic heterocycles. The zero-order valence-electron chi connectivity index (χ0n) is 17.0. The second-order valence-electron chi connectivity index (χ2n) is 7.13. The molecule has 2 rings (SSSR count). The summed E-state index contributed by atoms with van der Waals surface area (Å²) >= 11 is 0. The second-order valence-corrected chi connectivity index (χ2v) is 8.85. The summed E-state index contributed by atoms with van der Waals surface area (Å²) < 4.78 is 27.2. The zero-order chi connectivity index (χ0) is 21.6. The quantitative estimate of drug-likeness (QED) is 0.610. The van der Waals surface area contributed by atoms with Crippen LogP contribution in [0.3, 0.4) is 0 Å². The van der Waals surface area contributed by atoms with Crippen molar-refractivity contribution in [2.75, 3.05) is 10.6 Å². The van der Waals surface area contributed by atoms with Gasteiger partial charge in [-0.2, -0.15) is 0 Å². The van der Waals surface area contributed by atoms with Crippen LogP contribution in [-0.4, -0.2) is 26.3 Å². The van der Waals surface area contributed by atoms with Crippen LogP contribution in [-0.2, 0) is 14.8 Å². The second kappa shape index (κ2) is 9.67. The van der Waals surface area contributed by atoms with Gasteiger partial charge >= 0.3 is 0 Å². The molecule has 3 N–H and O–H groups in total. The van der Waals surface area contributed by atoms with Crippen molar-refractivity contribution in [3.05, 3.63) is 54.1 Å². The van der Waals surface area contributed by atoms with Gasteiger partial charge in [0.15, 0.2) is 0 Å². The summed E-state index contributed by atoms with van der Waals surface area (Å²) in [5.41, 5.74) is 1.38. The first-order valence-corrected chi connectivity index (χ1v) is 11.0. The van der Waals surface area contributed by atoms with Crippen molar-refractivity contribution in [1.29, 1.82) is 0 Å². The smallest absolute Gasteiger partial charge is 0.255 e. The Bertz CT molecular complexity index is 970. The number of hydrogen-bond acceptors (Lipinski definition) is 4. The summed E-state index contributed by atoms with van der Waals surface area (Å²) in [4.78, 5) is 24.4. The number of carbonyl (C=O) groups is 2. The Kier molecular flexibility index (Phi) is 7.53. The van der Waals surface area contributed by atoms with Gasteiger partial charge in [-0.3, -0.25) is 9.59 Å². The fourth-order valence-corrected chi connectivity index (χ4v) is 3.69. The molecule has 7 nitrogen and oxygen atoms in total. The SMILES string of the molecule is CC[C@@H](C)NS(=O)(=O)c1ccc(NC(=O)c2cccc(NC(=O)C(C)C)c2)cc1. The van der Waals surface area contributed by atoms with Crippen LogP contribution < -0.4 is 15.4 Å². The predicted molar refractivity (Wildman–Crippen MR) is 114 cm³/mol. The minimum Gasteiger partial charge on any atom is -0.326 e. The standard InChI is InChI=1S/C21H27N3O4S/c1-5-15(4)24-29(27,28)19-11-9-17(10-12-19)22-21(26)16-7-6-8-18(13-16)23-20(25)14(2)3/h6-15,24H,5H2,1-4H3,(H,22,26)(H,23,25)/t15-/m1/s1. The molecule has 0 aliphatic carbocycles. The normalized spacial score (nSPS) is 12.4. The molecule has 0 bridgehead atoms. The van der Waals surface area contributed by atoms with E-state index in [9.17, 15) is 18.0 Å². The molecule has 2 aromatic rings. The molecule has 2 aromatic carbocycles. The summed E-state index contributed by atoms with van der Waals surface area (Å²) in [5, 5.41) is 5.48. The third-order valence-electron chi connectivity index (χ3n) is 4.31. The van der Waals surface area contributed by atoms with Crippen LogP contribution >= 0.6 is 0 Å². The van der Waals surface area contributed by atoms with Gasteiger partial charge < -0.3 is 10.6 Å². The molecule has 1 atom stereocenters. The van der Waals surface area contributed by atoms with Crippen LogP contribution in [0.5, 0.6) is 0 Å². The molecule has 2 amide bonds. The van der Waals surface area contributed by atoms with E-state index in [1.54, 1.807) is 45.0 Å². The van der Waals surface area contributed by atoms with Gasteiger partial charge in [-0.05, 0) is 55.8 Å². The van der Waals surface area contributed by atoms with Gasteiger partial charge in [0.2, 0.25) is 15.9 Å². The van der Waals surface area contributed by atoms with Crippen molar-refractivity contribution < 1.29 is 18.0 Å². The van der Waals surface area contributed by atoms with E-state index >= 15 is 0 Å². The highest BCUT2D eigenvalue weighted by molar-refractivity contribution is 7.89. The lowest BCUT2D eigenvalue weighted by atomic mass is 10.1. The van der Waals surface area contributed by atoms with Crippen molar-refractivity contribution in [1.82, 2.24) is 4.72 Å². The summed E-state index contributed by atoms with van der Waals surface area (Å²) in [7, 11) is -3.60. The molecule has 0 saturated heterocycles. The van der Waals surface area contributed by atoms with Crippen LogP contribution in [0.1, 0.15) is 44.5 Å². The Hall–Kier alpha value is -2.71. The molecular formula is C21H27N3O4S. The van der Waals surface area contributed by atoms with Crippen LogP contribution in [0.2, 0.25) is 0 Å². The summed E-state index contributed by atoms with van der Waals surface area (Å²) in [6.45, 7) is 7.27. The molecule has 0 heterocycles. The van der Waals surface area contributed by atoms with E-state index in [0.717, 1.165) is 0 Å². The molecule has 0 radical (unpaired) electrons. The lowest BCUT2D eigenvalue weighted by molar-refractivity contribution is -0.118. The largest absolute Gasteiger partial charge is 0.326 e. The number of rotatable bonds is 8. The average molecular weight is 418 g/mol. The van der Waals surface area contributed by atoms with Gasteiger partial charge in [0, 0.05) is 28.9 Å². The number of benzene rings is 2. The summed E-state index contributed by atoms with van der Waals surface area (Å²) in [5.74, 6) is -0.665. The average Bonchev–Trinajstić information content (AvgIpc) is 2.68. The Morgan fingerprint density at radius 3 is 2.17 bits per heavy atom. The van der Waals surface area contributed by atoms with Crippen molar-refractivity contribution in [3.63, 3.8) is 0 Å². The highest BCUT2D eigenvalue weighted by Crippen LogP contribution is 2.17. The number of hydrogen-bond donors (Lipinski definition) is 3. The third kappa shape index (κ3) is 6.40. The number of carbonyl (C=O) groups excluding carboxylic acids is 2. The van der Waals surface area contributed by atoms with Crippen LogP contribution in [0.15, 0.2) is 53.4 Å². The molecule has 0 fully saturated rings. The van der Waals surface area contributed by atoms with E-state index < -0.39 is 10.0 Å². The van der Waals surface area contributed by atoms with Crippen molar-refractivity contribution >= 4 is 33.2 Å². The molecule has 0 spiro atoms. The Morgan fingerprint density at radius 2 is 1.59 bits per heavy atom. The molecule has 156 valence electrons. The van der Waals surface area contributed by atoms with E-state index in [-0.39, 0.29) is 28.7 Å². The lowest BCUT2D eigenvalue weighted by Crippen LogP contribution is -2.31. The van der Waals surface area contributed by atoms with Crippen molar-refractivity contribution in [2.24, 2.45) is 5.92 Å². The maximum Gasteiger partial charge on any atom is 0.255 e. The first-order valence-electron chi connectivity index (χ1n) is 9.47. The van der Waals surface area contributed by atoms with E-state index in [4.69, 9.17) is 0 Å². The molecular weight excluding hydrogens is 390 g/mol. The van der Waals surface area contributed by atoms with E-state index in [2.05, 4.69) is 15.4 Å². The fraction of sp³-hybridized carbons (Fsp3) is 0.333. The zero-order valence-corrected chi connectivity index (χ0v) is 17.8. The number of nitrogens with one attached hydrogen (secondary N) is 3. The van der Waals surface area contributed by atoms with E-state index in [0.29, 0.717) is 23.4 Å². The Morgan fingerprint density at radius 1 is 0.931 bits per heavy atom. The van der Waals surface area contributed by atoms with Gasteiger partial charge in [-0.25, -0.2) is 13.1 Å². The highest BCUT2D eigenvalue weighted by Gasteiger charge is 2.16.